The van der Waals surface area contributed by atoms with Gasteiger partial charge < -0.3 is 10.1 Å². The van der Waals surface area contributed by atoms with Gasteiger partial charge in [0.1, 0.15) is 6.10 Å². The molecule has 0 saturated carbocycles. The number of hydrogen-bond acceptors (Lipinski definition) is 3. The number of amides is 1. The van der Waals surface area contributed by atoms with Crippen molar-refractivity contribution in [2.24, 2.45) is 0 Å². The van der Waals surface area contributed by atoms with Gasteiger partial charge in [-0.15, -0.1) is 0 Å². The highest BCUT2D eigenvalue weighted by molar-refractivity contribution is 6.02. The molecule has 1 N–H and O–H groups in total. The van der Waals surface area contributed by atoms with Crippen molar-refractivity contribution in [3.8, 4) is 0 Å². The molecule has 1 heterocycles. The number of ketones is 1. The smallest absolute Gasteiger partial charge is 0.221 e. The minimum absolute atomic E-state index is 0.0294. The second-order valence-electron chi connectivity index (χ2n) is 5.01. The molecule has 2 aromatic carbocycles. The van der Waals surface area contributed by atoms with Crippen molar-refractivity contribution >= 4 is 17.4 Å². The SMILES string of the molecule is CC(=O)Nc1ccc(C(=O)C2OC2c2ccccc2)cc1. The monoisotopic (exact) mass is 281 g/mol. The molecule has 0 spiro atoms. The summed E-state index contributed by atoms with van der Waals surface area (Å²) in [6.07, 6.45) is -0.548. The topological polar surface area (TPSA) is 58.7 Å². The van der Waals surface area contributed by atoms with Gasteiger partial charge in [-0.2, -0.15) is 0 Å². The van der Waals surface area contributed by atoms with E-state index in [9.17, 15) is 9.59 Å². The number of Topliss-reactive ketones (excluding diaryl/α,β-unsaturated/α-hetero) is 1. The van der Waals surface area contributed by atoms with Crippen molar-refractivity contribution in [1.82, 2.24) is 0 Å². The number of benzene rings is 2. The normalized spacial score (nSPS) is 19.9. The molecular weight excluding hydrogens is 266 g/mol. The summed E-state index contributed by atoms with van der Waals surface area (Å²) in [5.41, 5.74) is 2.29. The molecule has 3 rings (SSSR count). The van der Waals surface area contributed by atoms with E-state index >= 15 is 0 Å². The number of carbonyl (C=O) groups is 2. The van der Waals surface area contributed by atoms with E-state index < -0.39 is 6.10 Å². The van der Waals surface area contributed by atoms with Crippen LogP contribution >= 0.6 is 0 Å². The van der Waals surface area contributed by atoms with Gasteiger partial charge in [0.15, 0.2) is 11.9 Å². The molecule has 1 aliphatic rings. The maximum absolute atomic E-state index is 12.3. The summed E-state index contributed by atoms with van der Waals surface area (Å²) < 4.78 is 5.49. The third-order valence-electron chi connectivity index (χ3n) is 3.37. The predicted molar refractivity (Wildman–Crippen MR) is 79.1 cm³/mol. The van der Waals surface area contributed by atoms with E-state index in [0.717, 1.165) is 5.56 Å². The molecule has 2 aromatic rings. The van der Waals surface area contributed by atoms with Gasteiger partial charge in [-0.25, -0.2) is 0 Å². The van der Waals surface area contributed by atoms with E-state index in [0.29, 0.717) is 11.3 Å². The minimum atomic E-state index is -0.404. The van der Waals surface area contributed by atoms with Crippen LogP contribution in [0.2, 0.25) is 0 Å². The van der Waals surface area contributed by atoms with E-state index in [2.05, 4.69) is 5.32 Å². The zero-order chi connectivity index (χ0) is 14.8. The summed E-state index contributed by atoms with van der Waals surface area (Å²) >= 11 is 0. The highest BCUT2D eigenvalue weighted by atomic mass is 16.6. The van der Waals surface area contributed by atoms with E-state index in [1.54, 1.807) is 24.3 Å². The first-order valence-electron chi connectivity index (χ1n) is 6.77. The van der Waals surface area contributed by atoms with Crippen LogP contribution < -0.4 is 5.32 Å². The van der Waals surface area contributed by atoms with Crippen molar-refractivity contribution < 1.29 is 14.3 Å². The molecule has 0 aromatic heterocycles. The number of ether oxygens (including phenoxy) is 1. The van der Waals surface area contributed by atoms with Crippen LogP contribution in [0.5, 0.6) is 0 Å². The van der Waals surface area contributed by atoms with Crippen LogP contribution in [0.25, 0.3) is 0 Å². The number of rotatable bonds is 4. The van der Waals surface area contributed by atoms with Gasteiger partial charge in [-0.1, -0.05) is 30.3 Å². The number of hydrogen-bond donors (Lipinski definition) is 1. The second-order valence-corrected chi connectivity index (χ2v) is 5.01. The standard InChI is InChI=1S/C17H15NO3/c1-11(19)18-14-9-7-12(8-10-14)15(20)17-16(21-17)13-5-3-2-4-6-13/h2-10,16-17H,1H3,(H,18,19). The number of epoxide rings is 1. The summed E-state index contributed by atoms with van der Waals surface area (Å²) in [7, 11) is 0. The first-order chi connectivity index (χ1) is 10.1. The zero-order valence-electron chi connectivity index (χ0n) is 11.6. The van der Waals surface area contributed by atoms with Gasteiger partial charge >= 0.3 is 0 Å². The van der Waals surface area contributed by atoms with Gasteiger partial charge in [-0.3, -0.25) is 9.59 Å². The maximum atomic E-state index is 12.3. The molecule has 4 heteroatoms. The van der Waals surface area contributed by atoms with Crippen LogP contribution in [0.4, 0.5) is 5.69 Å². The quantitative estimate of drug-likeness (QED) is 0.692. The predicted octanol–water partition coefficient (Wildman–Crippen LogP) is 2.97. The average molecular weight is 281 g/mol. The van der Waals surface area contributed by atoms with Crippen LogP contribution in [-0.2, 0) is 9.53 Å². The van der Waals surface area contributed by atoms with Crippen LogP contribution in [0.3, 0.4) is 0 Å². The molecular formula is C17H15NO3. The first-order valence-corrected chi connectivity index (χ1v) is 6.77. The average Bonchev–Trinajstić information content (AvgIpc) is 3.28. The Morgan fingerprint density at radius 1 is 1.00 bits per heavy atom. The molecule has 0 bridgehead atoms. The van der Waals surface area contributed by atoms with Crippen molar-refractivity contribution in [2.75, 3.05) is 5.32 Å². The maximum Gasteiger partial charge on any atom is 0.221 e. The molecule has 2 unspecified atom stereocenters. The van der Waals surface area contributed by atoms with Crippen molar-refractivity contribution in [1.29, 1.82) is 0 Å². The largest absolute Gasteiger partial charge is 0.356 e. The third-order valence-corrected chi connectivity index (χ3v) is 3.37. The molecule has 1 saturated heterocycles. The minimum Gasteiger partial charge on any atom is -0.356 e. The van der Waals surface area contributed by atoms with Crippen LogP contribution in [0.15, 0.2) is 54.6 Å². The van der Waals surface area contributed by atoms with E-state index in [-0.39, 0.29) is 17.8 Å². The Kier molecular flexibility index (Phi) is 3.54. The summed E-state index contributed by atoms with van der Waals surface area (Å²) in [6, 6.07) is 16.6. The van der Waals surface area contributed by atoms with Crippen LogP contribution in [0, 0.1) is 0 Å². The lowest BCUT2D eigenvalue weighted by Crippen LogP contribution is -2.09. The van der Waals surface area contributed by atoms with E-state index in [1.807, 2.05) is 30.3 Å². The summed E-state index contributed by atoms with van der Waals surface area (Å²) in [6.45, 7) is 1.45. The Morgan fingerprint density at radius 2 is 1.67 bits per heavy atom. The fourth-order valence-corrected chi connectivity index (χ4v) is 2.29. The van der Waals surface area contributed by atoms with Crippen molar-refractivity contribution in [3.63, 3.8) is 0 Å². The zero-order valence-corrected chi connectivity index (χ0v) is 11.6. The van der Waals surface area contributed by atoms with Gasteiger partial charge in [0.2, 0.25) is 5.91 Å². The Morgan fingerprint density at radius 3 is 2.29 bits per heavy atom. The lowest BCUT2D eigenvalue weighted by molar-refractivity contribution is -0.114. The summed E-state index contributed by atoms with van der Waals surface area (Å²) in [5.74, 6) is -0.165. The Bertz CT molecular complexity index is 664. The lowest BCUT2D eigenvalue weighted by atomic mass is 10.0. The molecule has 4 nitrogen and oxygen atoms in total. The fraction of sp³-hybridized carbons (Fsp3) is 0.176. The Hall–Kier alpha value is -2.46. The van der Waals surface area contributed by atoms with Crippen LogP contribution in [0.1, 0.15) is 28.9 Å². The highest BCUT2D eigenvalue weighted by Gasteiger charge is 2.45. The lowest BCUT2D eigenvalue weighted by Gasteiger charge is -2.03. The number of carbonyl (C=O) groups excluding carboxylic acids is 2. The highest BCUT2D eigenvalue weighted by Crippen LogP contribution is 2.40. The summed E-state index contributed by atoms with van der Waals surface area (Å²) in [4.78, 5) is 23.3. The van der Waals surface area contributed by atoms with Gasteiger partial charge in [0.25, 0.3) is 0 Å². The molecule has 2 atom stereocenters. The Balaban J connectivity index is 1.68. The molecule has 0 aliphatic carbocycles. The molecule has 1 amide bonds. The molecule has 0 radical (unpaired) electrons. The van der Waals surface area contributed by atoms with Gasteiger partial charge in [0, 0.05) is 18.2 Å². The molecule has 1 aliphatic heterocycles. The van der Waals surface area contributed by atoms with E-state index in [1.165, 1.54) is 6.92 Å². The number of anilines is 1. The van der Waals surface area contributed by atoms with Crippen molar-refractivity contribution in [3.05, 3.63) is 65.7 Å². The summed E-state index contributed by atoms with van der Waals surface area (Å²) in [5, 5.41) is 2.67. The molecule has 1 fully saturated rings. The third kappa shape index (κ3) is 3.01. The van der Waals surface area contributed by atoms with Gasteiger partial charge in [0.05, 0.1) is 0 Å². The number of nitrogens with one attached hydrogen (secondary N) is 1. The van der Waals surface area contributed by atoms with Crippen LogP contribution in [-0.4, -0.2) is 17.8 Å². The second kappa shape index (κ2) is 5.50. The molecule has 21 heavy (non-hydrogen) atoms. The van der Waals surface area contributed by atoms with Gasteiger partial charge in [-0.05, 0) is 29.8 Å². The van der Waals surface area contributed by atoms with E-state index in [4.69, 9.17) is 4.74 Å². The molecule has 106 valence electrons. The fourth-order valence-electron chi connectivity index (χ4n) is 2.29. The first kappa shape index (κ1) is 13.5. The Labute approximate surface area is 122 Å². The van der Waals surface area contributed by atoms with Crippen molar-refractivity contribution in [2.45, 2.75) is 19.1 Å².